The van der Waals surface area contributed by atoms with Crippen LogP contribution in [0.15, 0.2) is 54.6 Å². The molecule has 0 saturated carbocycles. The lowest BCUT2D eigenvalue weighted by Crippen LogP contribution is -2.30. The molecule has 0 spiro atoms. The predicted molar refractivity (Wildman–Crippen MR) is 113 cm³/mol. The van der Waals surface area contributed by atoms with Gasteiger partial charge in [-0.3, -0.25) is 0 Å². The van der Waals surface area contributed by atoms with Crippen LogP contribution in [-0.2, 0) is 0 Å². The van der Waals surface area contributed by atoms with Crippen LogP contribution in [0.1, 0.15) is 19.3 Å². The van der Waals surface area contributed by atoms with E-state index in [9.17, 15) is 0 Å². The minimum atomic E-state index is 0.822. The molecule has 5 rings (SSSR count). The highest BCUT2D eigenvalue weighted by Gasteiger charge is 2.18. The summed E-state index contributed by atoms with van der Waals surface area (Å²) in [5.41, 5.74) is 3.57. The van der Waals surface area contributed by atoms with Crippen LogP contribution in [0.25, 0.3) is 33.1 Å². The second-order valence-corrected chi connectivity index (χ2v) is 7.22. The summed E-state index contributed by atoms with van der Waals surface area (Å²) in [7, 11) is 1.67. The number of nitrogens with zero attached hydrogens (tertiary/aromatic N) is 4. The highest BCUT2D eigenvalue weighted by molar-refractivity contribution is 6.08. The molecule has 2 aromatic carbocycles. The van der Waals surface area contributed by atoms with Gasteiger partial charge in [0, 0.05) is 29.4 Å². The quantitative estimate of drug-likeness (QED) is 0.483. The molecule has 0 radical (unpaired) electrons. The van der Waals surface area contributed by atoms with Gasteiger partial charge in [-0.25, -0.2) is 4.98 Å². The zero-order valence-corrected chi connectivity index (χ0v) is 15.9. The minimum absolute atomic E-state index is 0.822. The van der Waals surface area contributed by atoms with Crippen molar-refractivity contribution in [3.63, 3.8) is 0 Å². The number of rotatable bonds is 3. The highest BCUT2D eigenvalue weighted by Crippen LogP contribution is 2.32. The van der Waals surface area contributed by atoms with Gasteiger partial charge in [0.25, 0.3) is 0 Å². The summed E-state index contributed by atoms with van der Waals surface area (Å²) in [4.78, 5) is 7.46. The predicted octanol–water partition coefficient (Wildman–Crippen LogP) is 4.84. The average molecular weight is 370 g/mol. The second kappa shape index (κ2) is 7.08. The van der Waals surface area contributed by atoms with E-state index >= 15 is 0 Å². The maximum atomic E-state index is 5.25. The summed E-state index contributed by atoms with van der Waals surface area (Å²) in [5, 5.41) is 11.3. The van der Waals surface area contributed by atoms with Crippen molar-refractivity contribution < 1.29 is 4.74 Å². The zero-order valence-electron chi connectivity index (χ0n) is 15.9. The number of ether oxygens (including phenoxy) is 1. The molecule has 5 nitrogen and oxygen atoms in total. The summed E-state index contributed by atoms with van der Waals surface area (Å²) in [6, 6.07) is 18.3. The molecular weight excluding hydrogens is 348 g/mol. The Bertz CT molecular complexity index is 1130. The lowest BCUT2D eigenvalue weighted by atomic mass is 10.1. The smallest absolute Gasteiger partial charge is 0.137 e. The number of piperidine rings is 1. The summed E-state index contributed by atoms with van der Waals surface area (Å²) in [6.07, 6.45) is 3.74. The van der Waals surface area contributed by atoms with Gasteiger partial charge < -0.3 is 9.64 Å². The van der Waals surface area contributed by atoms with E-state index < -0.39 is 0 Å². The van der Waals surface area contributed by atoms with Gasteiger partial charge in [0.1, 0.15) is 17.1 Å². The van der Waals surface area contributed by atoms with Crippen molar-refractivity contribution in [2.24, 2.45) is 0 Å². The standard InChI is InChI=1S/C23H22N4O/c1-28-17-11-9-16(10-12-17)20-15-21-22(26-25-20)18-7-3-4-8-19(18)23(24-21)27-13-5-2-6-14-27/h3-4,7-12,15H,2,5-6,13-14H2,1H3. The number of hydrogen-bond acceptors (Lipinski definition) is 5. The molecule has 2 aromatic heterocycles. The van der Waals surface area contributed by atoms with Crippen LogP contribution in [0.2, 0.25) is 0 Å². The van der Waals surface area contributed by atoms with Crippen molar-refractivity contribution in [2.75, 3.05) is 25.1 Å². The number of anilines is 1. The number of benzene rings is 2. The highest BCUT2D eigenvalue weighted by atomic mass is 16.5. The molecule has 5 heteroatoms. The molecule has 3 heterocycles. The summed E-state index contributed by atoms with van der Waals surface area (Å²) in [6.45, 7) is 2.12. The minimum Gasteiger partial charge on any atom is -0.497 e. The summed E-state index contributed by atoms with van der Waals surface area (Å²) >= 11 is 0. The average Bonchev–Trinajstić information content (AvgIpc) is 2.79. The molecule has 0 amide bonds. The Kier molecular flexibility index (Phi) is 4.28. The Balaban J connectivity index is 1.68. The first-order chi connectivity index (χ1) is 13.8. The number of methoxy groups -OCH3 is 1. The van der Waals surface area contributed by atoms with Crippen LogP contribution in [0.5, 0.6) is 5.75 Å². The Labute approximate surface area is 164 Å². The molecule has 1 aliphatic rings. The van der Waals surface area contributed by atoms with Gasteiger partial charge in [0.05, 0.1) is 18.3 Å². The molecule has 1 saturated heterocycles. The molecule has 0 unspecified atom stereocenters. The van der Waals surface area contributed by atoms with Crippen molar-refractivity contribution in [1.82, 2.24) is 15.2 Å². The first kappa shape index (κ1) is 16.9. The molecule has 28 heavy (non-hydrogen) atoms. The summed E-state index contributed by atoms with van der Waals surface area (Å²) in [5.74, 6) is 1.89. The van der Waals surface area contributed by atoms with Crippen molar-refractivity contribution in [3.05, 3.63) is 54.6 Å². The largest absolute Gasteiger partial charge is 0.497 e. The topological polar surface area (TPSA) is 51.1 Å². The third kappa shape index (κ3) is 2.93. The lowest BCUT2D eigenvalue weighted by molar-refractivity contribution is 0.415. The van der Waals surface area contributed by atoms with Gasteiger partial charge in [-0.2, -0.15) is 0 Å². The first-order valence-corrected chi connectivity index (χ1v) is 9.79. The van der Waals surface area contributed by atoms with E-state index in [4.69, 9.17) is 9.72 Å². The van der Waals surface area contributed by atoms with E-state index in [1.165, 1.54) is 19.3 Å². The molecule has 140 valence electrons. The van der Waals surface area contributed by atoms with E-state index in [1.807, 2.05) is 30.3 Å². The molecule has 4 aromatic rings. The van der Waals surface area contributed by atoms with E-state index in [0.717, 1.165) is 57.7 Å². The van der Waals surface area contributed by atoms with Crippen LogP contribution in [0, 0.1) is 0 Å². The van der Waals surface area contributed by atoms with E-state index in [-0.39, 0.29) is 0 Å². The van der Waals surface area contributed by atoms with Gasteiger partial charge in [-0.15, -0.1) is 10.2 Å². The molecule has 0 atom stereocenters. The van der Waals surface area contributed by atoms with Crippen molar-refractivity contribution in [2.45, 2.75) is 19.3 Å². The third-order valence-corrected chi connectivity index (χ3v) is 5.46. The van der Waals surface area contributed by atoms with Crippen molar-refractivity contribution in [1.29, 1.82) is 0 Å². The van der Waals surface area contributed by atoms with Crippen LogP contribution < -0.4 is 9.64 Å². The van der Waals surface area contributed by atoms with Gasteiger partial charge in [-0.1, -0.05) is 24.3 Å². The maximum Gasteiger partial charge on any atom is 0.137 e. The molecule has 0 N–H and O–H groups in total. The van der Waals surface area contributed by atoms with Gasteiger partial charge in [0.15, 0.2) is 0 Å². The Hall–Kier alpha value is -3.21. The van der Waals surface area contributed by atoms with E-state index in [2.05, 4.69) is 39.4 Å². The Morgan fingerprint density at radius 2 is 1.61 bits per heavy atom. The molecular formula is C23H22N4O. The molecule has 0 aliphatic carbocycles. The fraction of sp³-hybridized carbons (Fsp3) is 0.261. The number of pyridine rings is 1. The van der Waals surface area contributed by atoms with Gasteiger partial charge in [0.2, 0.25) is 0 Å². The summed E-state index contributed by atoms with van der Waals surface area (Å²) < 4.78 is 5.25. The SMILES string of the molecule is COc1ccc(-c2cc3nc(N4CCCCC4)c4ccccc4c3nn2)cc1. The van der Waals surface area contributed by atoms with Crippen LogP contribution in [0.4, 0.5) is 5.82 Å². The molecule has 1 aliphatic heterocycles. The Morgan fingerprint density at radius 1 is 0.857 bits per heavy atom. The maximum absolute atomic E-state index is 5.25. The molecule has 0 bridgehead atoms. The number of aromatic nitrogens is 3. The first-order valence-electron chi connectivity index (χ1n) is 9.79. The normalized spacial score (nSPS) is 14.5. The fourth-order valence-corrected chi connectivity index (χ4v) is 3.97. The number of fused-ring (bicyclic) bond motifs is 3. The lowest BCUT2D eigenvalue weighted by Gasteiger charge is -2.29. The van der Waals surface area contributed by atoms with E-state index in [0.29, 0.717) is 0 Å². The van der Waals surface area contributed by atoms with Crippen molar-refractivity contribution >= 4 is 27.6 Å². The van der Waals surface area contributed by atoms with Crippen LogP contribution in [-0.4, -0.2) is 35.4 Å². The van der Waals surface area contributed by atoms with Crippen molar-refractivity contribution in [3.8, 4) is 17.0 Å². The monoisotopic (exact) mass is 370 g/mol. The fourth-order valence-electron chi connectivity index (χ4n) is 3.97. The van der Waals surface area contributed by atoms with Crippen LogP contribution >= 0.6 is 0 Å². The van der Waals surface area contributed by atoms with Crippen LogP contribution in [0.3, 0.4) is 0 Å². The third-order valence-electron chi connectivity index (χ3n) is 5.46. The number of hydrogen-bond donors (Lipinski definition) is 0. The second-order valence-electron chi connectivity index (χ2n) is 7.22. The van der Waals surface area contributed by atoms with E-state index in [1.54, 1.807) is 7.11 Å². The zero-order chi connectivity index (χ0) is 18.9. The van der Waals surface area contributed by atoms with Gasteiger partial charge >= 0.3 is 0 Å². The Morgan fingerprint density at radius 3 is 2.36 bits per heavy atom. The molecule has 1 fully saturated rings. The van der Waals surface area contributed by atoms with Gasteiger partial charge in [-0.05, 0) is 49.6 Å².